The number of aliphatic hydroxyl groups excluding tert-OH is 1. The Morgan fingerprint density at radius 3 is 3.09 bits per heavy atom. The number of aromatic nitrogens is 4. The van der Waals surface area contributed by atoms with E-state index >= 15 is 0 Å². The first kappa shape index (κ1) is 14.0. The zero-order valence-corrected chi connectivity index (χ0v) is 11.9. The maximum absolute atomic E-state index is 11.3. The van der Waals surface area contributed by atoms with Crippen LogP contribution in [0.1, 0.15) is 6.23 Å². The Hall–Kier alpha value is -1.62. The van der Waals surface area contributed by atoms with Gasteiger partial charge >= 0.3 is 0 Å². The summed E-state index contributed by atoms with van der Waals surface area (Å²) < 4.78 is 27.8. The van der Waals surface area contributed by atoms with Gasteiger partial charge in [0.2, 0.25) is 0 Å². The number of phosphoric acid groups is 1. The molecule has 2 fully saturated rings. The lowest BCUT2D eigenvalue weighted by atomic mass is 10.1. The lowest BCUT2D eigenvalue weighted by Crippen LogP contribution is -2.41. The molecule has 22 heavy (non-hydrogen) atoms. The number of imidazole rings is 1. The highest BCUT2D eigenvalue weighted by Gasteiger charge is 2.50. The SMILES string of the molecule is Nc1ncnc2c1ncn2C1OC2COP(=O)([O-])OC2C1O. The molecule has 0 saturated carbocycles. The van der Waals surface area contributed by atoms with Gasteiger partial charge in [0.25, 0.3) is 7.82 Å². The van der Waals surface area contributed by atoms with Gasteiger partial charge in [0.1, 0.15) is 30.2 Å². The summed E-state index contributed by atoms with van der Waals surface area (Å²) in [7, 11) is -4.41. The van der Waals surface area contributed by atoms with Gasteiger partial charge in [-0.15, -0.1) is 0 Å². The lowest BCUT2D eigenvalue weighted by Gasteiger charge is -2.34. The second-order valence-corrected chi connectivity index (χ2v) is 6.32. The number of ether oxygens (including phenoxy) is 1. The van der Waals surface area contributed by atoms with Crippen molar-refractivity contribution in [2.75, 3.05) is 12.3 Å². The summed E-state index contributed by atoms with van der Waals surface area (Å²) in [5.74, 6) is 0.192. The van der Waals surface area contributed by atoms with Crippen LogP contribution in [0.15, 0.2) is 12.7 Å². The fraction of sp³-hybridized carbons (Fsp3) is 0.500. The van der Waals surface area contributed by atoms with Gasteiger partial charge in [0, 0.05) is 0 Å². The molecule has 2 aliphatic heterocycles. The molecule has 11 nitrogen and oxygen atoms in total. The van der Waals surface area contributed by atoms with Crippen LogP contribution in [0.25, 0.3) is 11.2 Å². The monoisotopic (exact) mass is 328 g/mol. The van der Waals surface area contributed by atoms with Crippen molar-refractivity contribution >= 4 is 24.8 Å². The molecular formula is C10H11N5O6P-. The third-order valence-electron chi connectivity index (χ3n) is 3.62. The van der Waals surface area contributed by atoms with E-state index in [4.69, 9.17) is 15.0 Å². The topological polar surface area (TPSA) is 158 Å². The van der Waals surface area contributed by atoms with E-state index in [1.807, 2.05) is 0 Å². The van der Waals surface area contributed by atoms with E-state index in [1.165, 1.54) is 17.2 Å². The highest BCUT2D eigenvalue weighted by molar-refractivity contribution is 7.45. The van der Waals surface area contributed by atoms with Crippen molar-refractivity contribution in [1.29, 1.82) is 0 Å². The van der Waals surface area contributed by atoms with E-state index in [2.05, 4.69) is 19.5 Å². The molecule has 4 heterocycles. The summed E-state index contributed by atoms with van der Waals surface area (Å²) in [5, 5.41) is 10.3. The highest BCUT2D eigenvalue weighted by atomic mass is 31.2. The zero-order chi connectivity index (χ0) is 15.5. The number of phosphoric ester groups is 1. The molecule has 5 atom stereocenters. The van der Waals surface area contributed by atoms with Crippen LogP contribution in [-0.4, -0.2) is 49.5 Å². The number of fused-ring (bicyclic) bond motifs is 2. The predicted molar refractivity (Wildman–Crippen MR) is 68.1 cm³/mol. The molecule has 2 aliphatic rings. The summed E-state index contributed by atoms with van der Waals surface area (Å²) in [4.78, 5) is 23.3. The number of rotatable bonds is 1. The molecule has 4 rings (SSSR count). The summed E-state index contributed by atoms with van der Waals surface area (Å²) in [5.41, 5.74) is 6.43. The second kappa shape index (κ2) is 4.69. The largest absolute Gasteiger partial charge is 0.756 e. The summed E-state index contributed by atoms with van der Waals surface area (Å²) in [6, 6.07) is 0. The van der Waals surface area contributed by atoms with E-state index in [1.54, 1.807) is 0 Å². The molecule has 0 radical (unpaired) electrons. The van der Waals surface area contributed by atoms with Crippen molar-refractivity contribution in [2.24, 2.45) is 0 Å². The minimum atomic E-state index is -4.41. The minimum absolute atomic E-state index is 0.192. The van der Waals surface area contributed by atoms with Gasteiger partial charge in [-0.05, 0) is 0 Å². The van der Waals surface area contributed by atoms with Crippen LogP contribution >= 0.6 is 7.82 Å². The molecule has 5 unspecified atom stereocenters. The fourth-order valence-electron chi connectivity index (χ4n) is 2.61. The van der Waals surface area contributed by atoms with Crippen molar-refractivity contribution in [1.82, 2.24) is 19.5 Å². The molecule has 3 N–H and O–H groups in total. The van der Waals surface area contributed by atoms with E-state index in [-0.39, 0.29) is 12.4 Å². The standard InChI is InChI=1S/C10H12N5O6P/c11-8-5-9(13-2-12-8)15(3-14-5)10-6(16)7-4(20-10)1-19-22(17,18)21-7/h2-4,6-7,10,16H,1H2,(H,17,18)(H2,11,12,13)/p-1. The molecule has 0 amide bonds. The number of nitrogens with zero attached hydrogens (tertiary/aromatic N) is 4. The Balaban J connectivity index is 1.71. The molecule has 12 heteroatoms. The molecule has 2 saturated heterocycles. The zero-order valence-electron chi connectivity index (χ0n) is 11.0. The molecule has 0 aromatic carbocycles. The van der Waals surface area contributed by atoms with E-state index in [9.17, 15) is 14.6 Å². The summed E-state index contributed by atoms with van der Waals surface area (Å²) in [6.45, 7) is -0.219. The summed E-state index contributed by atoms with van der Waals surface area (Å²) >= 11 is 0. The average molecular weight is 328 g/mol. The molecule has 0 bridgehead atoms. The van der Waals surface area contributed by atoms with Crippen LogP contribution < -0.4 is 10.6 Å². The number of anilines is 1. The quantitative estimate of drug-likeness (QED) is 0.593. The molecule has 0 aliphatic carbocycles. The van der Waals surface area contributed by atoms with E-state index < -0.39 is 32.4 Å². The van der Waals surface area contributed by atoms with Crippen molar-refractivity contribution in [3.8, 4) is 0 Å². The van der Waals surface area contributed by atoms with Gasteiger partial charge in [-0.25, -0.2) is 15.0 Å². The van der Waals surface area contributed by atoms with Gasteiger partial charge in [-0.3, -0.25) is 9.13 Å². The third-order valence-corrected chi connectivity index (χ3v) is 4.59. The number of nitrogens with two attached hydrogens (primary N) is 1. The highest BCUT2D eigenvalue weighted by Crippen LogP contribution is 2.49. The Bertz CT molecular complexity index is 782. The Kier molecular flexibility index (Phi) is 2.98. The maximum Gasteiger partial charge on any atom is 0.268 e. The second-order valence-electron chi connectivity index (χ2n) is 4.95. The normalized spacial score (nSPS) is 38.3. The van der Waals surface area contributed by atoms with Crippen LogP contribution in [0.4, 0.5) is 5.82 Å². The van der Waals surface area contributed by atoms with Crippen LogP contribution in [-0.2, 0) is 18.3 Å². The molecule has 118 valence electrons. The molecular weight excluding hydrogens is 317 g/mol. The van der Waals surface area contributed by atoms with E-state index in [0.29, 0.717) is 11.2 Å². The Labute approximate surface area is 123 Å². The minimum Gasteiger partial charge on any atom is -0.756 e. The first-order chi connectivity index (χ1) is 10.5. The first-order valence-corrected chi connectivity index (χ1v) is 7.83. The Morgan fingerprint density at radius 2 is 2.27 bits per heavy atom. The fourth-order valence-corrected chi connectivity index (χ4v) is 3.56. The van der Waals surface area contributed by atoms with E-state index in [0.717, 1.165) is 0 Å². The smallest absolute Gasteiger partial charge is 0.268 e. The molecule has 2 aromatic heterocycles. The predicted octanol–water partition coefficient (Wildman–Crippen LogP) is -1.45. The number of hydrogen-bond donors (Lipinski definition) is 2. The van der Waals surface area contributed by atoms with Crippen molar-refractivity contribution in [3.05, 3.63) is 12.7 Å². The van der Waals surface area contributed by atoms with Crippen LogP contribution in [0.5, 0.6) is 0 Å². The number of aliphatic hydroxyl groups is 1. The van der Waals surface area contributed by atoms with Crippen molar-refractivity contribution in [3.63, 3.8) is 0 Å². The average Bonchev–Trinajstić information content (AvgIpc) is 3.01. The van der Waals surface area contributed by atoms with Crippen LogP contribution in [0.2, 0.25) is 0 Å². The van der Waals surface area contributed by atoms with Gasteiger partial charge in [0.15, 0.2) is 17.7 Å². The van der Waals surface area contributed by atoms with Crippen molar-refractivity contribution in [2.45, 2.75) is 24.5 Å². The maximum atomic E-state index is 11.3. The molecule has 2 aromatic rings. The van der Waals surface area contributed by atoms with Gasteiger partial charge in [-0.1, -0.05) is 0 Å². The Morgan fingerprint density at radius 1 is 1.45 bits per heavy atom. The summed E-state index contributed by atoms with van der Waals surface area (Å²) in [6.07, 6.45) is -1.26. The third kappa shape index (κ3) is 2.02. The molecule has 0 spiro atoms. The van der Waals surface area contributed by atoms with Gasteiger partial charge in [0.05, 0.1) is 12.9 Å². The first-order valence-electron chi connectivity index (χ1n) is 6.37. The van der Waals surface area contributed by atoms with Gasteiger partial charge < -0.3 is 29.5 Å². The lowest BCUT2D eigenvalue weighted by molar-refractivity contribution is -0.245. The van der Waals surface area contributed by atoms with Crippen molar-refractivity contribution < 1.29 is 28.3 Å². The number of hydrogen-bond acceptors (Lipinski definition) is 10. The van der Waals surface area contributed by atoms with Crippen LogP contribution in [0.3, 0.4) is 0 Å². The number of nitrogen functional groups attached to an aromatic ring is 1. The van der Waals surface area contributed by atoms with Gasteiger partial charge in [-0.2, -0.15) is 0 Å². The van der Waals surface area contributed by atoms with Crippen LogP contribution in [0, 0.1) is 0 Å².